The number of benzene rings is 2. The Morgan fingerprint density at radius 1 is 1.23 bits per heavy atom. The van der Waals surface area contributed by atoms with Crippen molar-refractivity contribution < 1.29 is 22.3 Å². The molecule has 138 valence electrons. The van der Waals surface area contributed by atoms with E-state index in [9.17, 15) is 17.6 Å². The van der Waals surface area contributed by atoms with Crippen LogP contribution in [0.3, 0.4) is 0 Å². The van der Waals surface area contributed by atoms with Gasteiger partial charge in [0.25, 0.3) is 5.91 Å². The highest BCUT2D eigenvalue weighted by Gasteiger charge is 2.28. The lowest BCUT2D eigenvalue weighted by Gasteiger charge is -2.33. The predicted octanol–water partition coefficient (Wildman–Crippen LogP) is 1.84. The summed E-state index contributed by atoms with van der Waals surface area (Å²) in [6, 6.07) is 12.1. The predicted molar refractivity (Wildman–Crippen MR) is 94.9 cm³/mol. The Balaban J connectivity index is 1.67. The van der Waals surface area contributed by atoms with Gasteiger partial charge < -0.3 is 9.64 Å². The molecule has 1 atom stereocenters. The molecule has 1 amide bonds. The van der Waals surface area contributed by atoms with E-state index < -0.39 is 21.9 Å². The van der Waals surface area contributed by atoms with Crippen LogP contribution in [0.5, 0.6) is 0 Å². The standard InChI is InChI=1S/C18H19FN2O4S/c1-13-3-2-4-15(9-13)21-11-16(25-12-18(21)22)10-20-26(23,24)17-7-5-14(19)6-8-17/h2-9,16,20H,10-12H2,1H3. The summed E-state index contributed by atoms with van der Waals surface area (Å²) in [5, 5.41) is 0. The third-order valence-electron chi connectivity index (χ3n) is 4.07. The van der Waals surface area contributed by atoms with Crippen LogP contribution < -0.4 is 9.62 Å². The molecule has 26 heavy (non-hydrogen) atoms. The summed E-state index contributed by atoms with van der Waals surface area (Å²) in [6.07, 6.45) is -0.483. The van der Waals surface area contributed by atoms with Crippen LogP contribution in [0.4, 0.5) is 10.1 Å². The van der Waals surface area contributed by atoms with Crippen molar-refractivity contribution in [3.63, 3.8) is 0 Å². The Bertz CT molecular complexity index is 900. The average Bonchev–Trinajstić information content (AvgIpc) is 2.61. The first kappa shape index (κ1) is 18.5. The molecule has 0 radical (unpaired) electrons. The van der Waals surface area contributed by atoms with Gasteiger partial charge >= 0.3 is 0 Å². The number of nitrogens with zero attached hydrogens (tertiary/aromatic N) is 1. The molecule has 3 rings (SSSR count). The highest BCUT2D eigenvalue weighted by Crippen LogP contribution is 2.20. The summed E-state index contributed by atoms with van der Waals surface area (Å²) >= 11 is 0. The van der Waals surface area contributed by atoms with Gasteiger partial charge in [-0.1, -0.05) is 12.1 Å². The molecule has 6 nitrogen and oxygen atoms in total. The van der Waals surface area contributed by atoms with Crippen LogP contribution in [0.1, 0.15) is 5.56 Å². The Labute approximate surface area is 151 Å². The topological polar surface area (TPSA) is 75.7 Å². The minimum atomic E-state index is -3.78. The molecule has 1 aliphatic heterocycles. The number of morpholine rings is 1. The summed E-state index contributed by atoms with van der Waals surface area (Å²) in [6.45, 7) is 2.07. The fourth-order valence-electron chi connectivity index (χ4n) is 2.69. The van der Waals surface area contributed by atoms with Crippen molar-refractivity contribution in [1.82, 2.24) is 4.72 Å². The first-order chi connectivity index (χ1) is 12.3. The Kier molecular flexibility index (Phi) is 5.36. The number of anilines is 1. The summed E-state index contributed by atoms with van der Waals surface area (Å²) in [5.74, 6) is -0.680. The Morgan fingerprint density at radius 2 is 1.96 bits per heavy atom. The number of hydrogen-bond acceptors (Lipinski definition) is 4. The number of nitrogens with one attached hydrogen (secondary N) is 1. The van der Waals surface area contributed by atoms with Crippen molar-refractivity contribution in [3.8, 4) is 0 Å². The second kappa shape index (κ2) is 7.53. The minimum absolute atomic E-state index is 0.00923. The van der Waals surface area contributed by atoms with E-state index in [0.717, 1.165) is 23.4 Å². The van der Waals surface area contributed by atoms with E-state index in [1.54, 1.807) is 4.90 Å². The van der Waals surface area contributed by atoms with E-state index in [4.69, 9.17) is 4.74 Å². The Morgan fingerprint density at radius 3 is 2.65 bits per heavy atom. The largest absolute Gasteiger partial charge is 0.365 e. The number of hydrogen-bond donors (Lipinski definition) is 1. The number of amides is 1. The zero-order valence-electron chi connectivity index (χ0n) is 14.2. The van der Waals surface area contributed by atoms with Gasteiger partial charge in [0.05, 0.1) is 17.5 Å². The third kappa shape index (κ3) is 4.27. The SMILES string of the molecule is Cc1cccc(N2CC(CNS(=O)(=O)c3ccc(F)cc3)OCC2=O)c1. The molecule has 0 aliphatic carbocycles. The molecule has 1 aliphatic rings. The first-order valence-electron chi connectivity index (χ1n) is 8.09. The van der Waals surface area contributed by atoms with Gasteiger partial charge in [-0.25, -0.2) is 17.5 Å². The van der Waals surface area contributed by atoms with E-state index in [-0.39, 0.29) is 30.5 Å². The van der Waals surface area contributed by atoms with E-state index in [0.29, 0.717) is 0 Å². The van der Waals surface area contributed by atoms with Crippen LogP contribution in [0.25, 0.3) is 0 Å². The van der Waals surface area contributed by atoms with Gasteiger partial charge in [0, 0.05) is 12.2 Å². The van der Waals surface area contributed by atoms with Crippen LogP contribution in [0, 0.1) is 12.7 Å². The number of carbonyl (C=O) groups excluding carboxylic acids is 1. The molecular weight excluding hydrogens is 359 g/mol. The highest BCUT2D eigenvalue weighted by atomic mass is 32.2. The normalized spacial score (nSPS) is 18.2. The quantitative estimate of drug-likeness (QED) is 0.862. The molecule has 0 spiro atoms. The molecule has 2 aromatic rings. The molecule has 1 fully saturated rings. The summed E-state index contributed by atoms with van der Waals surface area (Å²) < 4.78 is 45.4. The van der Waals surface area contributed by atoms with Crippen LogP contribution in [-0.2, 0) is 19.6 Å². The Hall–Kier alpha value is -2.29. The van der Waals surface area contributed by atoms with Gasteiger partial charge in [0.15, 0.2) is 0 Å². The summed E-state index contributed by atoms with van der Waals surface area (Å²) in [4.78, 5) is 13.7. The van der Waals surface area contributed by atoms with Gasteiger partial charge in [-0.15, -0.1) is 0 Å². The van der Waals surface area contributed by atoms with Crippen molar-refractivity contribution in [3.05, 3.63) is 59.9 Å². The molecule has 1 N–H and O–H groups in total. The van der Waals surface area contributed by atoms with E-state index in [1.807, 2.05) is 31.2 Å². The molecule has 1 heterocycles. The lowest BCUT2D eigenvalue weighted by atomic mass is 10.2. The van der Waals surface area contributed by atoms with E-state index in [2.05, 4.69) is 4.72 Å². The fraction of sp³-hybridized carbons (Fsp3) is 0.278. The van der Waals surface area contributed by atoms with Crippen LogP contribution in [0.2, 0.25) is 0 Å². The van der Waals surface area contributed by atoms with Crippen molar-refractivity contribution >= 4 is 21.6 Å². The molecule has 0 saturated carbocycles. The van der Waals surface area contributed by atoms with Crippen LogP contribution in [0.15, 0.2) is 53.4 Å². The molecule has 0 aromatic heterocycles. The molecule has 2 aromatic carbocycles. The number of sulfonamides is 1. The number of ether oxygens (including phenoxy) is 1. The second-order valence-electron chi connectivity index (χ2n) is 6.08. The lowest BCUT2D eigenvalue weighted by molar-refractivity contribution is -0.129. The number of aryl methyl sites for hydroxylation is 1. The number of rotatable bonds is 5. The molecule has 1 saturated heterocycles. The van der Waals surface area contributed by atoms with Crippen LogP contribution >= 0.6 is 0 Å². The van der Waals surface area contributed by atoms with Crippen molar-refractivity contribution in [2.45, 2.75) is 17.9 Å². The van der Waals surface area contributed by atoms with Crippen molar-refractivity contribution in [2.75, 3.05) is 24.6 Å². The minimum Gasteiger partial charge on any atom is -0.365 e. The van der Waals surface area contributed by atoms with Gasteiger partial charge in [-0.05, 0) is 48.9 Å². The molecule has 1 unspecified atom stereocenters. The number of carbonyl (C=O) groups is 1. The maximum atomic E-state index is 12.9. The van der Waals surface area contributed by atoms with E-state index >= 15 is 0 Å². The van der Waals surface area contributed by atoms with Gasteiger partial charge in [-0.2, -0.15) is 0 Å². The third-order valence-corrected chi connectivity index (χ3v) is 5.51. The maximum Gasteiger partial charge on any atom is 0.253 e. The van der Waals surface area contributed by atoms with Crippen molar-refractivity contribution in [2.24, 2.45) is 0 Å². The zero-order valence-corrected chi connectivity index (χ0v) is 15.0. The fourth-order valence-corrected chi connectivity index (χ4v) is 3.76. The maximum absolute atomic E-state index is 12.9. The summed E-state index contributed by atoms with van der Waals surface area (Å²) in [5.41, 5.74) is 1.78. The smallest absolute Gasteiger partial charge is 0.253 e. The lowest BCUT2D eigenvalue weighted by Crippen LogP contribution is -2.50. The average molecular weight is 378 g/mol. The van der Waals surface area contributed by atoms with Gasteiger partial charge in [0.1, 0.15) is 12.4 Å². The second-order valence-corrected chi connectivity index (χ2v) is 7.85. The molecule has 0 bridgehead atoms. The highest BCUT2D eigenvalue weighted by molar-refractivity contribution is 7.89. The van der Waals surface area contributed by atoms with Crippen molar-refractivity contribution in [1.29, 1.82) is 0 Å². The van der Waals surface area contributed by atoms with E-state index in [1.165, 1.54) is 12.1 Å². The molecular formula is C18H19FN2O4S. The van der Waals surface area contributed by atoms with Gasteiger partial charge in [0.2, 0.25) is 10.0 Å². The van der Waals surface area contributed by atoms with Crippen LogP contribution in [-0.4, -0.2) is 40.1 Å². The first-order valence-corrected chi connectivity index (χ1v) is 9.57. The summed E-state index contributed by atoms with van der Waals surface area (Å²) in [7, 11) is -3.78. The molecule has 8 heteroatoms. The number of halogens is 1. The van der Waals surface area contributed by atoms with Gasteiger partial charge in [-0.3, -0.25) is 4.79 Å². The monoisotopic (exact) mass is 378 g/mol. The zero-order chi connectivity index (χ0) is 18.7.